The number of nitrogens with zero attached hydrogens (tertiary/aromatic N) is 3. The van der Waals surface area contributed by atoms with E-state index in [4.69, 9.17) is 14.2 Å². The number of piperazine rings is 1. The lowest BCUT2D eigenvalue weighted by Gasteiger charge is -2.35. The van der Waals surface area contributed by atoms with Gasteiger partial charge in [-0.15, -0.1) is 0 Å². The number of rotatable bonds is 13. The molecule has 0 saturated carbocycles. The van der Waals surface area contributed by atoms with Crippen molar-refractivity contribution in [3.8, 4) is 0 Å². The number of hydrogen-bond acceptors (Lipinski definition) is 10. The van der Waals surface area contributed by atoms with Gasteiger partial charge in [-0.25, -0.2) is 19.2 Å². The molecule has 0 bridgehead atoms. The third-order valence-electron chi connectivity index (χ3n) is 10.8. The second-order valence-electron chi connectivity index (χ2n) is 15.4. The number of esters is 2. The molecule has 0 spiro atoms. The van der Waals surface area contributed by atoms with E-state index in [1.54, 1.807) is 45.2 Å². The Morgan fingerprint density at radius 3 is 1.68 bits per heavy atom. The first-order valence-corrected chi connectivity index (χ1v) is 19.6. The molecule has 1 amide bonds. The van der Waals surface area contributed by atoms with Crippen molar-refractivity contribution in [1.82, 2.24) is 4.90 Å². The average Bonchev–Trinajstić information content (AvgIpc) is 3.59. The second-order valence-corrected chi connectivity index (χ2v) is 15.4. The molecule has 312 valence electrons. The Morgan fingerprint density at radius 2 is 1.20 bits per heavy atom. The summed E-state index contributed by atoms with van der Waals surface area (Å²) >= 11 is 0. The monoisotopic (exact) mass is 807 g/mol. The lowest BCUT2D eigenvalue weighted by molar-refractivity contribution is -0.166. The highest BCUT2D eigenvalue weighted by molar-refractivity contribution is 5.97. The van der Waals surface area contributed by atoms with Crippen molar-refractivity contribution in [3.05, 3.63) is 130 Å². The highest BCUT2D eigenvalue weighted by atomic mass is 16.6. The van der Waals surface area contributed by atoms with Crippen molar-refractivity contribution in [3.63, 3.8) is 0 Å². The van der Waals surface area contributed by atoms with E-state index in [-0.39, 0.29) is 28.6 Å². The van der Waals surface area contributed by atoms with Gasteiger partial charge in [0.2, 0.25) is 18.1 Å². The molecule has 0 aromatic heterocycles. The van der Waals surface area contributed by atoms with E-state index in [1.807, 2.05) is 4.90 Å². The first-order valence-electron chi connectivity index (χ1n) is 19.6. The fourth-order valence-electron chi connectivity index (χ4n) is 6.88. The Kier molecular flexibility index (Phi) is 14.6. The summed E-state index contributed by atoms with van der Waals surface area (Å²) in [6.07, 6.45) is -2.73. The minimum atomic E-state index is -2.22. The molecule has 3 atom stereocenters. The van der Waals surface area contributed by atoms with Gasteiger partial charge in [0.25, 0.3) is 0 Å². The van der Waals surface area contributed by atoms with Crippen LogP contribution in [0.3, 0.4) is 0 Å². The van der Waals surface area contributed by atoms with E-state index < -0.39 is 36.1 Å². The van der Waals surface area contributed by atoms with E-state index in [2.05, 4.69) is 79.2 Å². The topological polar surface area (TPSA) is 163 Å². The number of carboxylic acid groups (broad SMARTS) is 2. The van der Waals surface area contributed by atoms with Gasteiger partial charge in [-0.2, -0.15) is 0 Å². The number of hydrogen-bond donors (Lipinski definition) is 2. The van der Waals surface area contributed by atoms with E-state index in [1.165, 1.54) is 35.5 Å². The number of benzene rings is 4. The molecule has 2 N–H and O–H groups in total. The van der Waals surface area contributed by atoms with Crippen molar-refractivity contribution in [2.75, 3.05) is 56.7 Å². The number of amides is 1. The third kappa shape index (κ3) is 11.3. The Balaban J connectivity index is 0.000000226. The van der Waals surface area contributed by atoms with Crippen LogP contribution in [0.1, 0.15) is 63.2 Å². The highest BCUT2D eigenvalue weighted by Crippen LogP contribution is 2.33. The predicted molar refractivity (Wildman–Crippen MR) is 223 cm³/mol. The number of carbonyl (C=O) groups excluding carboxylic acids is 3. The zero-order valence-electron chi connectivity index (χ0n) is 34.4. The number of aliphatic carboxylic acids is 2. The Hall–Kier alpha value is -6.05. The number of likely N-dealkylation sites (N-methyl/N-ethyl adjacent to an activating group) is 1. The van der Waals surface area contributed by atoms with E-state index >= 15 is 0 Å². The van der Waals surface area contributed by atoms with Crippen LogP contribution < -0.4 is 9.80 Å². The first kappa shape index (κ1) is 44.1. The second kappa shape index (κ2) is 19.6. The molecule has 0 radical (unpaired) electrons. The first-order chi connectivity index (χ1) is 28.1. The van der Waals surface area contributed by atoms with Gasteiger partial charge in [0, 0.05) is 57.1 Å². The molecule has 59 heavy (non-hydrogen) atoms. The summed E-state index contributed by atoms with van der Waals surface area (Å²) in [5.74, 6) is -5.33. The molecule has 4 aromatic rings. The highest BCUT2D eigenvalue weighted by Gasteiger charge is 2.41. The number of para-hydroxylation sites is 1. The van der Waals surface area contributed by atoms with Crippen molar-refractivity contribution in [1.29, 1.82) is 0 Å². The van der Waals surface area contributed by atoms with Crippen LogP contribution in [-0.4, -0.2) is 104 Å². The molecular formula is C46H53N3O10. The fourth-order valence-corrected chi connectivity index (χ4v) is 6.88. The SMILES string of the molecule is COC(C)(C)c1ccc(N2CC[C@@H](Cc3ccccc3N3CCN(C)CC3)C2=O)cc1.Cc1ccc(C(=O)O[C@H](C(=O)O)[C@H](OC(=O)c2ccc(C)cc2)C(=O)O)cc1. The summed E-state index contributed by atoms with van der Waals surface area (Å²) in [5, 5.41) is 18.6. The van der Waals surface area contributed by atoms with Crippen LogP contribution in [-0.2, 0) is 40.6 Å². The van der Waals surface area contributed by atoms with Gasteiger partial charge in [0.1, 0.15) is 0 Å². The minimum absolute atomic E-state index is 0.0332. The molecule has 0 aliphatic carbocycles. The van der Waals surface area contributed by atoms with Crippen molar-refractivity contribution >= 4 is 41.2 Å². The van der Waals surface area contributed by atoms with Crippen LogP contribution in [0.4, 0.5) is 11.4 Å². The maximum atomic E-state index is 13.3. The zero-order chi connectivity index (χ0) is 42.9. The predicted octanol–water partition coefficient (Wildman–Crippen LogP) is 6.14. The van der Waals surface area contributed by atoms with Crippen LogP contribution in [0.2, 0.25) is 0 Å². The molecule has 4 aromatic carbocycles. The molecule has 2 fully saturated rings. The van der Waals surface area contributed by atoms with E-state index in [0.29, 0.717) is 0 Å². The van der Waals surface area contributed by atoms with E-state index in [9.17, 15) is 34.2 Å². The number of ether oxygens (including phenoxy) is 3. The lowest BCUT2D eigenvalue weighted by Crippen LogP contribution is -2.45. The van der Waals surface area contributed by atoms with Crippen molar-refractivity contribution in [2.24, 2.45) is 5.92 Å². The smallest absolute Gasteiger partial charge is 0.349 e. The van der Waals surface area contributed by atoms with E-state index in [0.717, 1.165) is 67.9 Å². The normalized spacial score (nSPS) is 16.7. The number of anilines is 2. The molecule has 13 heteroatoms. The largest absolute Gasteiger partial charge is 0.478 e. The standard InChI is InChI=1S/C26H35N3O2.C20H18O8/c1-26(2,31-4)22-9-11-23(12-10-22)29-14-13-21(25(29)30)19-20-7-5-6-8-24(20)28-17-15-27(3)16-18-28;1-11-3-7-13(8-4-11)19(25)27-15(17(21)22)16(18(23)24)28-20(26)14-9-5-12(2)6-10-14/h5-12,21H,13-19H2,1-4H3;3-10,15-16H,1-2H3,(H,21,22)(H,23,24)/t21-;15-,16-/m00/s1. The zero-order valence-corrected chi connectivity index (χ0v) is 34.4. The molecule has 0 unspecified atom stereocenters. The summed E-state index contributed by atoms with van der Waals surface area (Å²) in [6.45, 7) is 12.7. The number of aryl methyl sites for hydroxylation is 2. The molecule has 13 nitrogen and oxygen atoms in total. The average molecular weight is 808 g/mol. The number of carboxylic acids is 2. The van der Waals surface area contributed by atoms with Crippen LogP contribution in [0.25, 0.3) is 0 Å². The van der Waals surface area contributed by atoms with Crippen LogP contribution >= 0.6 is 0 Å². The Morgan fingerprint density at radius 1 is 0.712 bits per heavy atom. The quantitative estimate of drug-likeness (QED) is 0.149. The van der Waals surface area contributed by atoms with Crippen LogP contribution in [0.15, 0.2) is 97.1 Å². The molecule has 2 aliphatic rings. The van der Waals surface area contributed by atoms with Gasteiger partial charge in [-0.05, 0) is 101 Å². The summed E-state index contributed by atoms with van der Waals surface area (Å²) in [6, 6.07) is 28.9. The minimum Gasteiger partial charge on any atom is -0.478 e. The maximum absolute atomic E-state index is 13.3. The maximum Gasteiger partial charge on any atom is 0.349 e. The van der Waals surface area contributed by atoms with Crippen molar-refractivity contribution < 1.29 is 48.4 Å². The third-order valence-corrected chi connectivity index (χ3v) is 10.8. The Labute approximate surface area is 345 Å². The van der Waals surface area contributed by atoms with Gasteiger partial charge in [-0.1, -0.05) is 65.7 Å². The summed E-state index contributed by atoms with van der Waals surface area (Å²) in [5.41, 5.74) is 6.15. The molecule has 2 saturated heterocycles. The fraction of sp³-hybridized carbons (Fsp3) is 0.370. The van der Waals surface area contributed by atoms with Gasteiger partial charge in [0.05, 0.1) is 16.7 Å². The molecule has 2 aliphatic heterocycles. The van der Waals surface area contributed by atoms with Gasteiger partial charge >= 0.3 is 23.9 Å². The molecule has 2 heterocycles. The summed E-state index contributed by atoms with van der Waals surface area (Å²) in [4.78, 5) is 67.4. The lowest BCUT2D eigenvalue weighted by atomic mass is 9.96. The van der Waals surface area contributed by atoms with Gasteiger partial charge in [0.15, 0.2) is 0 Å². The van der Waals surface area contributed by atoms with Crippen LogP contribution in [0, 0.1) is 19.8 Å². The summed E-state index contributed by atoms with van der Waals surface area (Å²) < 4.78 is 15.2. The van der Waals surface area contributed by atoms with Gasteiger partial charge < -0.3 is 39.1 Å². The molecule has 6 rings (SSSR count). The van der Waals surface area contributed by atoms with Gasteiger partial charge in [-0.3, -0.25) is 4.79 Å². The Bertz CT molecular complexity index is 2020. The number of carbonyl (C=O) groups is 5. The summed E-state index contributed by atoms with van der Waals surface area (Å²) in [7, 11) is 3.90. The number of methoxy groups -OCH3 is 1. The molecular weight excluding hydrogens is 755 g/mol. The van der Waals surface area contributed by atoms with Crippen molar-refractivity contribution in [2.45, 2.75) is 58.3 Å². The van der Waals surface area contributed by atoms with Crippen LogP contribution in [0.5, 0.6) is 0 Å².